The number of allylic oxidation sites excluding steroid dienone is 4. The Labute approximate surface area is 176 Å². The average Bonchev–Trinajstić information content (AvgIpc) is 2.94. The first-order valence-corrected chi connectivity index (χ1v) is 10.9. The normalized spacial score (nSPS) is 15.1. The molecule has 1 aliphatic carbocycles. The van der Waals surface area contributed by atoms with Crippen LogP contribution < -0.4 is 15.3 Å². The molecule has 0 aromatic heterocycles. The van der Waals surface area contributed by atoms with Crippen molar-refractivity contribution in [2.24, 2.45) is 0 Å². The van der Waals surface area contributed by atoms with Gasteiger partial charge < -0.3 is 15.3 Å². The Balaban J connectivity index is -0.000000275. The van der Waals surface area contributed by atoms with Crippen LogP contribution in [0.15, 0.2) is 59.0 Å². The summed E-state index contributed by atoms with van der Waals surface area (Å²) in [7, 11) is 0. The van der Waals surface area contributed by atoms with Crippen LogP contribution in [-0.2, 0) is 24.4 Å². The average molecular weight is 527 g/mol. The van der Waals surface area contributed by atoms with Crippen LogP contribution in [0, 0.1) is 0 Å². The second kappa shape index (κ2) is 22.5. The topological polar surface area (TPSA) is 69.2 Å². The standard InChI is InChI=1S/C7H9.3C5H9O.Hf/c1-2-7-5-3-4-6-7;3*1-3-4-5(2)6;/h3,5H,2,4H2,1H3;3*3,5H,1,4H2,2H3;/q;3*-1;+3. The second-order valence-electron chi connectivity index (χ2n) is 5.97. The van der Waals surface area contributed by atoms with Crippen molar-refractivity contribution in [1.29, 1.82) is 0 Å². The molecule has 0 radical (unpaired) electrons. The number of hydrogen-bond acceptors (Lipinski definition) is 3. The van der Waals surface area contributed by atoms with Crippen molar-refractivity contribution in [3.05, 3.63) is 59.0 Å². The van der Waals surface area contributed by atoms with Crippen LogP contribution in [0.25, 0.3) is 0 Å². The molecule has 4 heteroatoms. The summed E-state index contributed by atoms with van der Waals surface area (Å²) in [6.07, 6.45) is 12.3. The molecule has 0 N–H and O–H groups in total. The van der Waals surface area contributed by atoms with Gasteiger partial charge in [-0.25, -0.2) is 0 Å². The van der Waals surface area contributed by atoms with Crippen LogP contribution >= 0.6 is 0 Å². The quantitative estimate of drug-likeness (QED) is 0.378. The maximum absolute atomic E-state index is 10.1. The summed E-state index contributed by atoms with van der Waals surface area (Å²) in [6, 6.07) is 0. The molecule has 0 aromatic carbocycles. The van der Waals surface area contributed by atoms with Crippen molar-refractivity contribution in [2.45, 2.75) is 78.1 Å². The van der Waals surface area contributed by atoms with Gasteiger partial charge in [0, 0.05) is 0 Å². The third kappa shape index (κ3) is 28.3. The molecule has 3 atom stereocenters. The second-order valence-corrected chi connectivity index (χ2v) is 8.14. The van der Waals surface area contributed by atoms with E-state index in [-0.39, 0.29) is 0 Å². The monoisotopic (exact) mass is 528 g/mol. The Morgan fingerprint density at radius 1 is 0.923 bits per heavy atom. The van der Waals surface area contributed by atoms with Gasteiger partial charge >= 0.3 is 65.2 Å². The van der Waals surface area contributed by atoms with Crippen molar-refractivity contribution in [3.63, 3.8) is 0 Å². The molecular weight excluding hydrogens is 491 g/mol. The summed E-state index contributed by atoms with van der Waals surface area (Å²) in [5, 5.41) is 30.2. The van der Waals surface area contributed by atoms with Gasteiger partial charge in [0.05, 0.1) is 0 Å². The molecule has 0 saturated carbocycles. The zero-order chi connectivity index (χ0) is 21.0. The fourth-order valence-corrected chi connectivity index (χ4v) is 2.94. The molecule has 3 unspecified atom stereocenters. The van der Waals surface area contributed by atoms with Gasteiger partial charge in [0.1, 0.15) is 0 Å². The van der Waals surface area contributed by atoms with E-state index in [2.05, 4.69) is 38.8 Å². The van der Waals surface area contributed by atoms with E-state index in [1.54, 1.807) is 47.9 Å². The molecule has 1 rings (SSSR count). The van der Waals surface area contributed by atoms with Gasteiger partial charge in [-0.2, -0.15) is 0 Å². The van der Waals surface area contributed by atoms with Gasteiger partial charge in [0.15, 0.2) is 0 Å². The van der Waals surface area contributed by atoms with Crippen molar-refractivity contribution >= 4 is 0 Å². The van der Waals surface area contributed by atoms with E-state index in [1.807, 2.05) is 0 Å². The summed E-state index contributed by atoms with van der Waals surface area (Å²) in [5.74, 6) is 0. The SMILES string of the molecule is C=CCC(C)[O-].C=CCC(C)[O-].C=CCC(C)[O-].CCC1=[C]([Hf+3])CC=C1. The fourth-order valence-electron chi connectivity index (χ4n) is 1.59. The third-order valence-corrected chi connectivity index (χ3v) is 4.79. The summed E-state index contributed by atoms with van der Waals surface area (Å²) >= 11 is 1.26. The minimum atomic E-state index is -0.470. The molecule has 0 amide bonds. The van der Waals surface area contributed by atoms with Gasteiger partial charge in [-0.05, 0) is 19.3 Å². The first-order chi connectivity index (χ1) is 12.2. The first-order valence-electron chi connectivity index (χ1n) is 9.06. The molecule has 0 aliphatic heterocycles. The van der Waals surface area contributed by atoms with Crippen LogP contribution in [0.4, 0.5) is 0 Å². The summed E-state index contributed by atoms with van der Waals surface area (Å²) in [4.78, 5) is 0. The van der Waals surface area contributed by atoms with Crippen LogP contribution in [-0.4, -0.2) is 18.3 Å². The Kier molecular flexibility index (Phi) is 26.1. The van der Waals surface area contributed by atoms with Gasteiger partial charge in [-0.3, -0.25) is 0 Å². The van der Waals surface area contributed by atoms with Crippen molar-refractivity contribution < 1.29 is 39.7 Å². The van der Waals surface area contributed by atoms with Crippen LogP contribution in [0.2, 0.25) is 0 Å². The van der Waals surface area contributed by atoms with Gasteiger partial charge in [0.2, 0.25) is 0 Å². The predicted octanol–water partition coefficient (Wildman–Crippen LogP) is 3.09. The predicted molar refractivity (Wildman–Crippen MR) is 104 cm³/mol. The molecule has 0 aromatic rings. The molecular formula is C22H36HfO3. The van der Waals surface area contributed by atoms with Gasteiger partial charge in [-0.1, -0.05) is 39.0 Å². The van der Waals surface area contributed by atoms with Crippen LogP contribution in [0.3, 0.4) is 0 Å². The zero-order valence-corrected chi connectivity index (χ0v) is 20.6. The van der Waals surface area contributed by atoms with E-state index >= 15 is 0 Å². The van der Waals surface area contributed by atoms with E-state index in [4.69, 9.17) is 0 Å². The Morgan fingerprint density at radius 3 is 1.35 bits per heavy atom. The fraction of sp³-hybridized carbons (Fsp3) is 0.545. The maximum atomic E-state index is 10.1. The van der Waals surface area contributed by atoms with Gasteiger partial charge in [-0.15, -0.1) is 38.0 Å². The number of rotatable bonds is 7. The van der Waals surface area contributed by atoms with E-state index in [0.29, 0.717) is 19.3 Å². The Morgan fingerprint density at radius 2 is 1.27 bits per heavy atom. The molecule has 0 bridgehead atoms. The molecule has 0 saturated heterocycles. The molecule has 0 spiro atoms. The van der Waals surface area contributed by atoms with E-state index in [0.717, 1.165) is 0 Å². The molecule has 1 aliphatic rings. The van der Waals surface area contributed by atoms with Crippen molar-refractivity contribution in [1.82, 2.24) is 0 Å². The Hall–Kier alpha value is -0.550. The van der Waals surface area contributed by atoms with Gasteiger partial charge in [0.25, 0.3) is 0 Å². The van der Waals surface area contributed by atoms with Crippen LogP contribution in [0.5, 0.6) is 0 Å². The molecule has 0 fully saturated rings. The summed E-state index contributed by atoms with van der Waals surface area (Å²) in [5.41, 5.74) is 1.59. The van der Waals surface area contributed by atoms with E-state index in [9.17, 15) is 15.3 Å². The third-order valence-electron chi connectivity index (χ3n) is 2.91. The van der Waals surface area contributed by atoms with Crippen LogP contribution in [0.1, 0.15) is 59.8 Å². The zero-order valence-electron chi connectivity index (χ0n) is 17.0. The van der Waals surface area contributed by atoms with E-state index < -0.39 is 18.3 Å². The molecule has 3 nitrogen and oxygen atoms in total. The Bertz CT molecular complexity index is 374. The van der Waals surface area contributed by atoms with Crippen molar-refractivity contribution in [2.75, 3.05) is 0 Å². The first kappa shape index (κ1) is 30.2. The molecule has 26 heavy (non-hydrogen) atoms. The summed E-state index contributed by atoms with van der Waals surface area (Å²) < 4.78 is 1.69. The molecule has 146 valence electrons. The van der Waals surface area contributed by atoms with Crippen molar-refractivity contribution in [3.8, 4) is 0 Å². The van der Waals surface area contributed by atoms with E-state index in [1.165, 1.54) is 37.2 Å². The molecule has 0 heterocycles. The number of hydrogen-bond donors (Lipinski definition) is 0. The minimum absolute atomic E-state index is 0.470. The summed E-state index contributed by atoms with van der Waals surface area (Å²) in [6.45, 7) is 17.3.